The maximum Gasteiger partial charge on any atom is 0.224 e. The third-order valence-corrected chi connectivity index (χ3v) is 5.20. The van der Waals surface area contributed by atoms with Gasteiger partial charge in [-0.25, -0.2) is 4.98 Å². The molecule has 1 saturated heterocycles. The van der Waals surface area contributed by atoms with Crippen LogP contribution in [0.5, 0.6) is 0 Å². The number of aromatic nitrogens is 3. The molecule has 2 aromatic heterocycles. The number of thiazole rings is 1. The van der Waals surface area contributed by atoms with Gasteiger partial charge in [0.15, 0.2) is 0 Å². The van der Waals surface area contributed by atoms with Gasteiger partial charge in [0.25, 0.3) is 0 Å². The summed E-state index contributed by atoms with van der Waals surface area (Å²) < 4.78 is 1.85. The maximum atomic E-state index is 12.4. The summed E-state index contributed by atoms with van der Waals surface area (Å²) in [7, 11) is 0. The van der Waals surface area contributed by atoms with Crippen LogP contribution in [0.1, 0.15) is 41.4 Å². The summed E-state index contributed by atoms with van der Waals surface area (Å²) in [6, 6.07) is 0. The Labute approximate surface area is 135 Å². The van der Waals surface area contributed by atoms with Gasteiger partial charge in [-0.05, 0) is 32.3 Å². The van der Waals surface area contributed by atoms with Gasteiger partial charge in [-0.15, -0.1) is 11.3 Å². The lowest BCUT2D eigenvalue weighted by molar-refractivity contribution is -0.132. The number of hydrogen-bond acceptors (Lipinski definition) is 4. The summed E-state index contributed by atoms with van der Waals surface area (Å²) in [6.07, 6.45) is 6.52. The van der Waals surface area contributed by atoms with Crippen LogP contribution in [0, 0.1) is 13.8 Å². The van der Waals surface area contributed by atoms with Crippen LogP contribution in [0.15, 0.2) is 17.8 Å². The van der Waals surface area contributed by atoms with E-state index in [4.69, 9.17) is 0 Å². The number of amides is 1. The highest BCUT2D eigenvalue weighted by molar-refractivity contribution is 7.09. The maximum absolute atomic E-state index is 12.4. The van der Waals surface area contributed by atoms with E-state index in [-0.39, 0.29) is 5.91 Å². The average Bonchev–Trinajstić information content (AvgIpc) is 3.13. The van der Waals surface area contributed by atoms with Gasteiger partial charge in [-0.2, -0.15) is 5.10 Å². The molecular formula is C16H22N4OS. The average molecular weight is 318 g/mol. The Morgan fingerprint density at radius 3 is 3.00 bits per heavy atom. The smallest absolute Gasteiger partial charge is 0.224 e. The van der Waals surface area contributed by atoms with Crippen molar-refractivity contribution in [3.8, 4) is 0 Å². The van der Waals surface area contributed by atoms with Crippen molar-refractivity contribution < 1.29 is 4.79 Å². The first-order valence-corrected chi connectivity index (χ1v) is 8.68. The molecule has 0 spiro atoms. The second-order valence-electron chi connectivity index (χ2n) is 6.04. The summed E-state index contributed by atoms with van der Waals surface area (Å²) in [6.45, 7) is 6.38. The molecule has 6 heteroatoms. The van der Waals surface area contributed by atoms with Crippen LogP contribution < -0.4 is 0 Å². The predicted octanol–water partition coefficient (Wildman–Crippen LogP) is 2.75. The fourth-order valence-corrected chi connectivity index (χ4v) is 3.85. The van der Waals surface area contributed by atoms with Crippen molar-refractivity contribution in [1.82, 2.24) is 19.7 Å². The zero-order chi connectivity index (χ0) is 15.5. The molecule has 0 N–H and O–H groups in total. The van der Waals surface area contributed by atoms with Crippen molar-refractivity contribution in [3.05, 3.63) is 34.0 Å². The third kappa shape index (κ3) is 3.55. The largest absolute Gasteiger partial charge is 0.342 e. The normalized spacial score (nSPS) is 18.6. The van der Waals surface area contributed by atoms with E-state index in [1.807, 2.05) is 35.8 Å². The Morgan fingerprint density at radius 1 is 1.45 bits per heavy atom. The lowest BCUT2D eigenvalue weighted by atomic mass is 9.98. The van der Waals surface area contributed by atoms with Crippen LogP contribution in [-0.2, 0) is 11.3 Å². The van der Waals surface area contributed by atoms with E-state index >= 15 is 0 Å². The number of carbonyl (C=O) groups is 1. The van der Waals surface area contributed by atoms with Gasteiger partial charge in [0.2, 0.25) is 5.91 Å². The van der Waals surface area contributed by atoms with E-state index in [1.165, 1.54) is 5.01 Å². The van der Waals surface area contributed by atoms with Gasteiger partial charge in [0.1, 0.15) is 0 Å². The van der Waals surface area contributed by atoms with Gasteiger partial charge in [-0.1, -0.05) is 0 Å². The van der Waals surface area contributed by atoms with E-state index < -0.39 is 0 Å². The molecule has 0 radical (unpaired) electrons. The zero-order valence-corrected chi connectivity index (χ0v) is 14.0. The molecule has 3 heterocycles. The lowest BCUT2D eigenvalue weighted by Crippen LogP contribution is -2.39. The minimum Gasteiger partial charge on any atom is -0.342 e. The van der Waals surface area contributed by atoms with E-state index in [2.05, 4.69) is 15.5 Å². The Kier molecular flexibility index (Phi) is 4.57. The second-order valence-corrected chi connectivity index (χ2v) is 6.93. The van der Waals surface area contributed by atoms with Gasteiger partial charge in [0, 0.05) is 49.2 Å². The molecule has 1 unspecified atom stereocenters. The second kappa shape index (κ2) is 6.60. The Balaban J connectivity index is 1.55. The van der Waals surface area contributed by atoms with E-state index in [0.717, 1.165) is 37.2 Å². The molecule has 118 valence electrons. The highest BCUT2D eigenvalue weighted by atomic mass is 32.1. The van der Waals surface area contributed by atoms with E-state index in [9.17, 15) is 4.79 Å². The number of piperidine rings is 1. The van der Waals surface area contributed by atoms with Crippen molar-refractivity contribution >= 4 is 17.2 Å². The molecule has 3 rings (SSSR count). The Hall–Kier alpha value is -1.69. The topological polar surface area (TPSA) is 51.0 Å². The quantitative estimate of drug-likeness (QED) is 0.871. The molecular weight excluding hydrogens is 296 g/mol. The molecule has 1 aliphatic rings. The molecule has 22 heavy (non-hydrogen) atoms. The van der Waals surface area contributed by atoms with Crippen molar-refractivity contribution in [2.45, 2.75) is 45.6 Å². The molecule has 1 atom stereocenters. The summed E-state index contributed by atoms with van der Waals surface area (Å²) in [5, 5.41) is 7.51. The van der Waals surface area contributed by atoms with Crippen molar-refractivity contribution in [2.75, 3.05) is 13.1 Å². The number of likely N-dealkylation sites (tertiary alicyclic amines) is 1. The van der Waals surface area contributed by atoms with Crippen LogP contribution >= 0.6 is 11.3 Å². The molecule has 0 bridgehead atoms. The number of nitrogens with zero attached hydrogens (tertiary/aromatic N) is 4. The standard InChI is InChI=1S/C16H22N4OS/c1-12-8-17-20(9-12)7-5-15(21)19-6-3-4-14(10-19)16-18-13(2)11-22-16/h8-9,11,14H,3-7,10H2,1-2H3. The fraction of sp³-hybridized carbons (Fsp3) is 0.562. The summed E-state index contributed by atoms with van der Waals surface area (Å²) in [5.41, 5.74) is 2.21. The number of hydrogen-bond donors (Lipinski definition) is 0. The van der Waals surface area contributed by atoms with Crippen LogP contribution in [0.2, 0.25) is 0 Å². The highest BCUT2D eigenvalue weighted by Gasteiger charge is 2.26. The van der Waals surface area contributed by atoms with Crippen LogP contribution in [-0.4, -0.2) is 38.7 Å². The molecule has 5 nitrogen and oxygen atoms in total. The van der Waals surface area contributed by atoms with Gasteiger partial charge >= 0.3 is 0 Å². The molecule has 0 saturated carbocycles. The van der Waals surface area contributed by atoms with Crippen molar-refractivity contribution in [2.24, 2.45) is 0 Å². The van der Waals surface area contributed by atoms with Crippen LogP contribution in [0.25, 0.3) is 0 Å². The van der Waals surface area contributed by atoms with Gasteiger partial charge < -0.3 is 4.90 Å². The molecule has 1 aliphatic heterocycles. The van der Waals surface area contributed by atoms with Crippen LogP contribution in [0.3, 0.4) is 0 Å². The summed E-state index contributed by atoms with van der Waals surface area (Å²) in [5.74, 6) is 0.634. The lowest BCUT2D eigenvalue weighted by Gasteiger charge is -2.32. The van der Waals surface area contributed by atoms with E-state index in [0.29, 0.717) is 18.9 Å². The SMILES string of the molecule is Cc1cnn(CCC(=O)N2CCCC(c3nc(C)cs3)C2)c1. The first-order valence-electron chi connectivity index (χ1n) is 7.80. The highest BCUT2D eigenvalue weighted by Crippen LogP contribution is 2.29. The predicted molar refractivity (Wildman–Crippen MR) is 87.0 cm³/mol. The van der Waals surface area contributed by atoms with Crippen molar-refractivity contribution in [3.63, 3.8) is 0 Å². The van der Waals surface area contributed by atoms with E-state index in [1.54, 1.807) is 11.3 Å². The minimum atomic E-state index is 0.228. The molecule has 1 amide bonds. The third-order valence-electron chi connectivity index (χ3n) is 4.08. The summed E-state index contributed by atoms with van der Waals surface area (Å²) >= 11 is 1.72. The monoisotopic (exact) mass is 318 g/mol. The molecule has 2 aromatic rings. The van der Waals surface area contributed by atoms with Gasteiger partial charge in [-0.3, -0.25) is 9.48 Å². The zero-order valence-electron chi connectivity index (χ0n) is 13.2. The van der Waals surface area contributed by atoms with Gasteiger partial charge in [0.05, 0.1) is 11.2 Å². The molecule has 0 aromatic carbocycles. The number of carbonyl (C=O) groups excluding carboxylic acids is 1. The van der Waals surface area contributed by atoms with Crippen molar-refractivity contribution in [1.29, 1.82) is 0 Å². The molecule has 0 aliphatic carbocycles. The number of aryl methyl sites for hydroxylation is 3. The first kappa shape index (κ1) is 15.2. The molecule has 1 fully saturated rings. The Morgan fingerprint density at radius 2 is 2.32 bits per heavy atom. The Bertz CT molecular complexity index is 648. The first-order chi connectivity index (χ1) is 10.6. The fourth-order valence-electron chi connectivity index (χ4n) is 2.92. The summed E-state index contributed by atoms with van der Waals surface area (Å²) in [4.78, 5) is 19.0. The van der Waals surface area contributed by atoms with Crippen LogP contribution in [0.4, 0.5) is 0 Å². The minimum absolute atomic E-state index is 0.228. The number of rotatable bonds is 4.